The van der Waals surface area contributed by atoms with Crippen LogP contribution < -0.4 is 0 Å². The Morgan fingerprint density at radius 2 is 2.24 bits per heavy atom. The molecule has 0 aliphatic carbocycles. The Hall–Kier alpha value is -2.21. The van der Waals surface area contributed by atoms with Gasteiger partial charge in [0.15, 0.2) is 5.65 Å². The molecule has 5 nitrogen and oxygen atoms in total. The molecule has 0 saturated heterocycles. The second-order valence-electron chi connectivity index (χ2n) is 5.25. The largest absolute Gasteiger partial charge is 0.333 e. The smallest absolute Gasteiger partial charge is 0.274 e. The Bertz CT molecular complexity index is 835. The number of imidazole rings is 1. The van der Waals surface area contributed by atoms with Crippen LogP contribution in [-0.4, -0.2) is 31.9 Å². The van der Waals surface area contributed by atoms with Crippen LogP contribution in [0.3, 0.4) is 0 Å². The molecule has 1 amide bonds. The van der Waals surface area contributed by atoms with Gasteiger partial charge in [-0.25, -0.2) is 9.50 Å². The number of fused-ring (bicyclic) bond motifs is 2. The zero-order valence-corrected chi connectivity index (χ0v) is 12.4. The molecule has 0 saturated carbocycles. The predicted octanol–water partition coefficient (Wildman–Crippen LogP) is 2.30. The number of hydrogen-bond donors (Lipinski definition) is 0. The second-order valence-corrected chi connectivity index (χ2v) is 6.25. The molecular formula is C15H14N4OS. The summed E-state index contributed by atoms with van der Waals surface area (Å²) >= 11 is 1.77. The van der Waals surface area contributed by atoms with Crippen LogP contribution in [0.2, 0.25) is 0 Å². The number of aryl methyl sites for hydroxylation is 1. The number of carbonyl (C=O) groups is 1. The van der Waals surface area contributed by atoms with Crippen molar-refractivity contribution in [3.63, 3.8) is 0 Å². The molecule has 0 radical (unpaired) electrons. The van der Waals surface area contributed by atoms with E-state index in [0.717, 1.165) is 24.3 Å². The van der Waals surface area contributed by atoms with Crippen LogP contribution in [0.4, 0.5) is 0 Å². The van der Waals surface area contributed by atoms with Gasteiger partial charge in [-0.15, -0.1) is 11.3 Å². The molecule has 0 atom stereocenters. The SMILES string of the molecule is Cc1cn2nc(C(=O)N3CCc4sccc4C3)ccc2n1. The maximum absolute atomic E-state index is 12.6. The Balaban J connectivity index is 1.64. The van der Waals surface area contributed by atoms with E-state index in [1.54, 1.807) is 21.9 Å². The molecule has 1 aliphatic rings. The minimum Gasteiger partial charge on any atom is -0.333 e. The van der Waals surface area contributed by atoms with Crippen LogP contribution in [0.1, 0.15) is 26.6 Å². The van der Waals surface area contributed by atoms with Crippen molar-refractivity contribution in [2.24, 2.45) is 0 Å². The molecule has 6 heteroatoms. The third-order valence-electron chi connectivity index (χ3n) is 3.75. The van der Waals surface area contributed by atoms with Gasteiger partial charge in [-0.2, -0.15) is 5.10 Å². The van der Waals surface area contributed by atoms with Crippen molar-refractivity contribution in [1.82, 2.24) is 19.5 Å². The van der Waals surface area contributed by atoms with Gasteiger partial charge >= 0.3 is 0 Å². The average molecular weight is 298 g/mol. The van der Waals surface area contributed by atoms with E-state index >= 15 is 0 Å². The van der Waals surface area contributed by atoms with Crippen LogP contribution in [0.15, 0.2) is 29.8 Å². The zero-order chi connectivity index (χ0) is 14.4. The molecule has 4 heterocycles. The molecule has 106 valence electrons. The van der Waals surface area contributed by atoms with Gasteiger partial charge in [0.2, 0.25) is 0 Å². The van der Waals surface area contributed by atoms with Gasteiger partial charge < -0.3 is 4.90 Å². The zero-order valence-electron chi connectivity index (χ0n) is 11.6. The molecule has 0 N–H and O–H groups in total. The average Bonchev–Trinajstić information content (AvgIpc) is 3.09. The first-order valence-corrected chi connectivity index (χ1v) is 7.76. The Kier molecular flexibility index (Phi) is 2.78. The van der Waals surface area contributed by atoms with E-state index in [9.17, 15) is 4.79 Å². The first kappa shape index (κ1) is 12.5. The van der Waals surface area contributed by atoms with E-state index < -0.39 is 0 Å². The summed E-state index contributed by atoms with van der Waals surface area (Å²) in [6, 6.07) is 5.70. The van der Waals surface area contributed by atoms with Crippen LogP contribution in [0.5, 0.6) is 0 Å². The number of rotatable bonds is 1. The van der Waals surface area contributed by atoms with E-state index in [4.69, 9.17) is 0 Å². The number of thiophene rings is 1. The van der Waals surface area contributed by atoms with E-state index in [-0.39, 0.29) is 5.91 Å². The van der Waals surface area contributed by atoms with E-state index in [1.165, 1.54) is 10.4 Å². The van der Waals surface area contributed by atoms with Gasteiger partial charge in [-0.1, -0.05) is 0 Å². The molecule has 0 unspecified atom stereocenters. The highest BCUT2D eigenvalue weighted by Crippen LogP contribution is 2.24. The van der Waals surface area contributed by atoms with Crippen molar-refractivity contribution in [3.05, 3.63) is 51.6 Å². The lowest BCUT2D eigenvalue weighted by molar-refractivity contribution is 0.0728. The fraction of sp³-hybridized carbons (Fsp3) is 0.267. The highest BCUT2D eigenvalue weighted by atomic mass is 32.1. The number of carbonyl (C=O) groups excluding carboxylic acids is 1. The highest BCUT2D eigenvalue weighted by Gasteiger charge is 2.23. The van der Waals surface area contributed by atoms with Gasteiger partial charge in [-0.05, 0) is 42.5 Å². The van der Waals surface area contributed by atoms with E-state index in [1.807, 2.05) is 24.1 Å². The van der Waals surface area contributed by atoms with E-state index in [0.29, 0.717) is 12.2 Å². The lowest BCUT2D eigenvalue weighted by Gasteiger charge is -2.26. The van der Waals surface area contributed by atoms with Gasteiger partial charge in [-0.3, -0.25) is 4.79 Å². The predicted molar refractivity (Wildman–Crippen MR) is 80.5 cm³/mol. The second kappa shape index (κ2) is 4.66. The maximum atomic E-state index is 12.6. The standard InChI is InChI=1S/C15H14N4OS/c1-10-8-19-14(16-10)3-2-12(17-19)15(20)18-6-4-13-11(9-18)5-7-21-13/h2-3,5,7-8H,4,6,9H2,1H3. The summed E-state index contributed by atoms with van der Waals surface area (Å²) in [5.74, 6) is -0.0138. The maximum Gasteiger partial charge on any atom is 0.274 e. The fourth-order valence-corrected chi connectivity index (χ4v) is 3.59. The summed E-state index contributed by atoms with van der Waals surface area (Å²) in [4.78, 5) is 20.2. The van der Waals surface area contributed by atoms with Crippen LogP contribution >= 0.6 is 11.3 Å². The molecule has 1 aliphatic heterocycles. The van der Waals surface area contributed by atoms with Crippen molar-refractivity contribution < 1.29 is 4.79 Å². The first-order valence-electron chi connectivity index (χ1n) is 6.88. The van der Waals surface area contributed by atoms with Crippen molar-refractivity contribution >= 4 is 22.9 Å². The Morgan fingerprint density at radius 1 is 1.33 bits per heavy atom. The monoisotopic (exact) mass is 298 g/mol. The molecule has 3 aromatic heterocycles. The Labute approximate surface area is 125 Å². The third-order valence-corrected chi connectivity index (χ3v) is 4.78. The number of hydrogen-bond acceptors (Lipinski definition) is 4. The topological polar surface area (TPSA) is 50.5 Å². The number of aromatic nitrogens is 3. The van der Waals surface area contributed by atoms with Crippen molar-refractivity contribution in [2.75, 3.05) is 6.54 Å². The fourth-order valence-electron chi connectivity index (χ4n) is 2.70. The van der Waals surface area contributed by atoms with Gasteiger partial charge in [0.05, 0.1) is 11.9 Å². The summed E-state index contributed by atoms with van der Waals surface area (Å²) in [7, 11) is 0. The molecule has 0 bridgehead atoms. The third kappa shape index (κ3) is 2.12. The Morgan fingerprint density at radius 3 is 3.14 bits per heavy atom. The summed E-state index contributed by atoms with van der Waals surface area (Å²) in [6.45, 7) is 3.36. The van der Waals surface area contributed by atoms with Crippen molar-refractivity contribution in [3.8, 4) is 0 Å². The van der Waals surface area contributed by atoms with Crippen LogP contribution in [0.25, 0.3) is 5.65 Å². The van der Waals surface area contributed by atoms with Crippen molar-refractivity contribution in [1.29, 1.82) is 0 Å². The van der Waals surface area contributed by atoms with Crippen molar-refractivity contribution in [2.45, 2.75) is 19.9 Å². The minimum absolute atomic E-state index is 0.0138. The highest BCUT2D eigenvalue weighted by molar-refractivity contribution is 7.10. The first-order chi connectivity index (χ1) is 10.2. The lowest BCUT2D eigenvalue weighted by Crippen LogP contribution is -2.36. The van der Waals surface area contributed by atoms with Gasteiger partial charge in [0.1, 0.15) is 5.69 Å². The number of amides is 1. The summed E-state index contributed by atoms with van der Waals surface area (Å²) in [6.07, 6.45) is 2.77. The lowest BCUT2D eigenvalue weighted by atomic mass is 10.1. The summed E-state index contributed by atoms with van der Waals surface area (Å²) in [5.41, 5.74) is 3.40. The molecule has 4 rings (SSSR count). The van der Waals surface area contributed by atoms with Gasteiger partial charge in [0.25, 0.3) is 5.91 Å². The molecule has 0 fully saturated rings. The summed E-state index contributed by atoms with van der Waals surface area (Å²) in [5, 5.41) is 6.47. The van der Waals surface area contributed by atoms with Gasteiger partial charge in [0, 0.05) is 18.0 Å². The van der Waals surface area contributed by atoms with Crippen LogP contribution in [0, 0.1) is 6.92 Å². The van der Waals surface area contributed by atoms with E-state index in [2.05, 4.69) is 21.5 Å². The minimum atomic E-state index is -0.0138. The van der Waals surface area contributed by atoms with Crippen LogP contribution in [-0.2, 0) is 13.0 Å². The normalized spacial score (nSPS) is 14.4. The quantitative estimate of drug-likeness (QED) is 0.692. The molecule has 0 spiro atoms. The molecular weight excluding hydrogens is 284 g/mol. The molecule has 21 heavy (non-hydrogen) atoms. The summed E-state index contributed by atoms with van der Waals surface area (Å²) < 4.78 is 1.67. The molecule has 3 aromatic rings. The molecule has 0 aromatic carbocycles. The number of nitrogens with zero attached hydrogens (tertiary/aromatic N) is 4.